The molecule has 2 aromatic rings. The minimum absolute atomic E-state index is 0.284. The van der Waals surface area contributed by atoms with E-state index >= 15 is 0 Å². The number of nitrogens with one attached hydrogen (secondary N) is 1. The summed E-state index contributed by atoms with van der Waals surface area (Å²) in [5.41, 5.74) is 4.00. The third-order valence-electron chi connectivity index (χ3n) is 4.04. The lowest BCUT2D eigenvalue weighted by Gasteiger charge is -2.27. The van der Waals surface area contributed by atoms with Crippen molar-refractivity contribution in [3.05, 3.63) is 50.4 Å². The molecule has 0 fully saturated rings. The molecule has 2 rings (SSSR count). The van der Waals surface area contributed by atoms with E-state index in [1.165, 1.54) is 0 Å². The number of hydrogen-bond acceptors (Lipinski definition) is 2. The van der Waals surface area contributed by atoms with E-state index in [0.29, 0.717) is 16.8 Å². The van der Waals surface area contributed by atoms with Crippen LogP contribution in [0.15, 0.2) is 29.4 Å². The van der Waals surface area contributed by atoms with Crippen LogP contribution in [0.3, 0.4) is 0 Å². The lowest BCUT2D eigenvalue weighted by Crippen LogP contribution is -2.58. The molecule has 0 unspecified atom stereocenters. The third-order valence-corrected chi connectivity index (χ3v) is 5.21. The van der Waals surface area contributed by atoms with Crippen molar-refractivity contribution in [3.8, 4) is 5.69 Å². The number of hydrazone groups is 1. The summed E-state index contributed by atoms with van der Waals surface area (Å²) < 4.78 is 91.3. The van der Waals surface area contributed by atoms with E-state index in [2.05, 4.69) is 27.7 Å². The Kier molecular flexibility index (Phi) is 6.07. The van der Waals surface area contributed by atoms with Gasteiger partial charge in [-0.3, -0.25) is 0 Å². The summed E-state index contributed by atoms with van der Waals surface area (Å²) >= 11 is 2.16. The van der Waals surface area contributed by atoms with E-state index < -0.39 is 18.1 Å². The van der Waals surface area contributed by atoms with Gasteiger partial charge in [-0.05, 0) is 67.1 Å². The first-order valence-corrected chi connectivity index (χ1v) is 8.85. The number of hydrogen-bond donors (Lipinski definition) is 1. The van der Waals surface area contributed by atoms with Crippen molar-refractivity contribution < 1.29 is 30.7 Å². The maximum atomic E-state index is 13.2. The van der Waals surface area contributed by atoms with Crippen LogP contribution in [0.25, 0.3) is 5.69 Å². The number of aromatic nitrogens is 1. The highest BCUT2D eigenvalue weighted by atomic mass is 127. The Labute approximate surface area is 169 Å². The highest BCUT2D eigenvalue weighted by Crippen LogP contribution is 2.45. The fourth-order valence-electron chi connectivity index (χ4n) is 2.47. The second-order valence-electron chi connectivity index (χ2n) is 6.11. The molecule has 1 aromatic heterocycles. The van der Waals surface area contributed by atoms with Gasteiger partial charge in [0.15, 0.2) is 0 Å². The third kappa shape index (κ3) is 4.13. The van der Waals surface area contributed by atoms with Gasteiger partial charge in [0.2, 0.25) is 0 Å². The van der Waals surface area contributed by atoms with Gasteiger partial charge < -0.3 is 4.57 Å². The molecule has 0 saturated heterocycles. The van der Waals surface area contributed by atoms with E-state index in [4.69, 9.17) is 0 Å². The lowest BCUT2D eigenvalue weighted by atomic mass is 10.2. The molecule has 0 aliphatic heterocycles. The monoisotopic (exact) mass is 521 g/mol. The van der Waals surface area contributed by atoms with Crippen LogP contribution in [-0.4, -0.2) is 28.9 Å². The van der Waals surface area contributed by atoms with Crippen molar-refractivity contribution in [1.82, 2.24) is 9.99 Å². The van der Waals surface area contributed by atoms with Crippen molar-refractivity contribution in [1.29, 1.82) is 0 Å². The first kappa shape index (κ1) is 22.5. The average molecular weight is 521 g/mol. The summed E-state index contributed by atoms with van der Waals surface area (Å²) in [5, 5.41) is 2.91. The highest BCUT2D eigenvalue weighted by molar-refractivity contribution is 14.1. The Bertz CT molecular complexity index is 901. The van der Waals surface area contributed by atoms with E-state index in [9.17, 15) is 30.7 Å². The maximum Gasteiger partial charge on any atom is 0.462 e. The number of nitrogens with zero attached hydrogens (tertiary/aromatic N) is 2. The van der Waals surface area contributed by atoms with Gasteiger partial charge in [0.1, 0.15) is 0 Å². The summed E-state index contributed by atoms with van der Waals surface area (Å²) in [6.45, 7) is 5.31. The summed E-state index contributed by atoms with van der Waals surface area (Å²) in [5.74, 6) is -6.27. The molecular formula is C17H15F7IN3. The molecule has 0 saturated carbocycles. The highest BCUT2D eigenvalue weighted by Gasteiger charge is 2.73. The molecule has 11 heteroatoms. The first-order valence-electron chi connectivity index (χ1n) is 7.77. The van der Waals surface area contributed by atoms with Crippen LogP contribution in [0, 0.1) is 24.3 Å². The fourth-order valence-corrected chi connectivity index (χ4v) is 2.97. The van der Waals surface area contributed by atoms with Gasteiger partial charge >= 0.3 is 18.1 Å². The van der Waals surface area contributed by atoms with Crippen LogP contribution in [0.1, 0.15) is 22.5 Å². The van der Waals surface area contributed by atoms with Crippen LogP contribution in [-0.2, 0) is 0 Å². The van der Waals surface area contributed by atoms with E-state index in [1.54, 1.807) is 24.5 Å². The quantitative estimate of drug-likeness (QED) is 0.176. The number of rotatable bonds is 5. The van der Waals surface area contributed by atoms with Gasteiger partial charge in [-0.1, -0.05) is 6.07 Å². The first-order chi connectivity index (χ1) is 12.7. The minimum atomic E-state index is -6.42. The van der Waals surface area contributed by atoms with Crippen molar-refractivity contribution in [3.63, 3.8) is 0 Å². The normalized spacial score (nSPS) is 13.4. The molecular weight excluding hydrogens is 506 g/mol. The van der Waals surface area contributed by atoms with Crippen LogP contribution >= 0.6 is 22.6 Å². The molecule has 1 N–H and O–H groups in total. The van der Waals surface area contributed by atoms with Crippen LogP contribution in [0.5, 0.6) is 0 Å². The molecule has 28 heavy (non-hydrogen) atoms. The van der Waals surface area contributed by atoms with Crippen LogP contribution < -0.4 is 5.43 Å². The summed E-state index contributed by atoms with van der Waals surface area (Å²) in [7, 11) is 0. The molecule has 0 atom stereocenters. The topological polar surface area (TPSA) is 29.3 Å². The van der Waals surface area contributed by atoms with Gasteiger partial charge in [-0.25, -0.2) is 5.43 Å². The molecule has 0 spiro atoms. The molecule has 0 amide bonds. The van der Waals surface area contributed by atoms with Crippen LogP contribution in [0.2, 0.25) is 0 Å². The summed E-state index contributed by atoms with van der Waals surface area (Å²) in [6, 6.07) is 1.58. The van der Waals surface area contributed by atoms with Gasteiger partial charge in [0, 0.05) is 26.2 Å². The second kappa shape index (κ2) is 7.56. The Balaban J connectivity index is 2.30. The Morgan fingerprint density at radius 2 is 1.61 bits per heavy atom. The number of alkyl halides is 7. The summed E-state index contributed by atoms with van der Waals surface area (Å²) in [6.07, 6.45) is -5.64. The predicted molar refractivity (Wildman–Crippen MR) is 99.4 cm³/mol. The molecule has 0 bridgehead atoms. The molecule has 0 aliphatic carbocycles. The van der Waals surface area contributed by atoms with Crippen LogP contribution in [0.4, 0.5) is 30.7 Å². The van der Waals surface area contributed by atoms with E-state index in [0.717, 1.165) is 21.0 Å². The number of aryl methyl sites for hydroxylation is 2. The Morgan fingerprint density at radius 1 is 1.00 bits per heavy atom. The fraction of sp³-hybridized carbons (Fsp3) is 0.353. The van der Waals surface area contributed by atoms with Crippen molar-refractivity contribution >= 4 is 28.8 Å². The predicted octanol–water partition coefficient (Wildman–Crippen LogP) is 5.72. The number of benzene rings is 1. The van der Waals surface area contributed by atoms with E-state index in [1.807, 2.05) is 25.1 Å². The largest absolute Gasteiger partial charge is 0.462 e. The standard InChI is InChI=1S/C17H15F7IN3/c1-9-4-5-13(7-14(9)25)28-10(2)6-12(11(28)3)8-26-27-17(23,24)15(18,19)16(20,21)22/h4-8,27H,1-3H3/b26-8-. The average Bonchev–Trinajstić information content (AvgIpc) is 2.83. The molecule has 0 radical (unpaired) electrons. The summed E-state index contributed by atoms with van der Waals surface area (Å²) in [4.78, 5) is 0. The Hall–Kier alpha value is -1.79. The zero-order valence-corrected chi connectivity index (χ0v) is 17.0. The molecule has 3 nitrogen and oxygen atoms in total. The lowest BCUT2D eigenvalue weighted by molar-refractivity contribution is -0.361. The molecule has 1 heterocycles. The van der Waals surface area contributed by atoms with Gasteiger partial charge in [0.25, 0.3) is 0 Å². The zero-order chi connectivity index (χ0) is 21.5. The second-order valence-corrected chi connectivity index (χ2v) is 7.27. The van der Waals surface area contributed by atoms with Crippen molar-refractivity contribution in [2.45, 2.75) is 38.9 Å². The van der Waals surface area contributed by atoms with Crippen molar-refractivity contribution in [2.75, 3.05) is 0 Å². The molecule has 0 aliphatic rings. The minimum Gasteiger partial charge on any atom is -0.318 e. The van der Waals surface area contributed by atoms with E-state index in [-0.39, 0.29) is 5.56 Å². The molecule has 1 aromatic carbocycles. The van der Waals surface area contributed by atoms with Crippen molar-refractivity contribution in [2.24, 2.45) is 5.10 Å². The van der Waals surface area contributed by atoms with Gasteiger partial charge in [-0.15, -0.1) is 0 Å². The zero-order valence-electron chi connectivity index (χ0n) is 14.8. The Morgan fingerprint density at radius 3 is 2.14 bits per heavy atom. The van der Waals surface area contributed by atoms with Gasteiger partial charge in [-0.2, -0.15) is 35.8 Å². The number of halogens is 8. The SMILES string of the molecule is Cc1ccc(-n2c(C)cc(/C=N\NC(F)(F)C(F)(F)C(F)(F)F)c2C)cc1I. The van der Waals surface area contributed by atoms with Gasteiger partial charge in [0.05, 0.1) is 6.21 Å². The smallest absolute Gasteiger partial charge is 0.318 e. The molecule has 154 valence electrons. The maximum absolute atomic E-state index is 13.2.